The van der Waals surface area contributed by atoms with Gasteiger partial charge in [0.2, 0.25) is 0 Å². The number of amides is 1. The van der Waals surface area contributed by atoms with E-state index in [0.717, 1.165) is 0 Å². The van der Waals surface area contributed by atoms with E-state index in [4.69, 9.17) is 19.8 Å². The summed E-state index contributed by atoms with van der Waals surface area (Å²) in [6.07, 6.45) is -9.84. The molecule has 0 unspecified atom stereocenters. The van der Waals surface area contributed by atoms with Gasteiger partial charge < -0.3 is 9.64 Å². The summed E-state index contributed by atoms with van der Waals surface area (Å²) >= 11 is 2.81. The van der Waals surface area contributed by atoms with Crippen LogP contribution in [0.4, 0.5) is 4.79 Å². The molecule has 20 heavy (non-hydrogen) atoms. The number of rotatable bonds is 1. The monoisotopic (exact) mass is 352 g/mol. The second-order valence-electron chi connectivity index (χ2n) is 4.74. The molecule has 0 atom stereocenters. The normalized spacial score (nSPS) is 36.8. The highest BCUT2D eigenvalue weighted by molar-refractivity contribution is 9.10. The number of likely N-dealkylation sites (tertiary alicyclic amines) is 1. The maximum Gasteiger partial charge on any atom is 0.410 e. The lowest BCUT2D eigenvalue weighted by molar-refractivity contribution is 0.0204. The van der Waals surface area contributed by atoms with Crippen molar-refractivity contribution in [1.82, 2.24) is 14.9 Å². The van der Waals surface area contributed by atoms with Crippen LogP contribution in [-0.4, -0.2) is 39.6 Å². The first-order chi connectivity index (χ1) is 13.6. The number of hydrogen-bond donors (Lipinski definition) is 0. The number of ether oxygens (including phenoxy) is 1. The van der Waals surface area contributed by atoms with Gasteiger partial charge >= 0.3 is 6.09 Å². The summed E-state index contributed by atoms with van der Waals surface area (Å²) < 4.78 is 95.5. The average Bonchev–Trinajstić information content (AvgIpc) is 2.53. The third kappa shape index (κ3) is 4.16. The Hall–Kier alpha value is -1.17. The predicted molar refractivity (Wildman–Crippen MR) is 79.5 cm³/mol. The number of hydrogen-bond acceptors (Lipinski definition) is 4. The molecular weight excluding hydrogens is 322 g/mol. The van der Waals surface area contributed by atoms with Crippen molar-refractivity contribution in [3.63, 3.8) is 0 Å². The molecule has 110 valence electrons. The first-order valence-corrected chi connectivity index (χ1v) is 6.41. The molecule has 0 saturated carbocycles. The van der Waals surface area contributed by atoms with E-state index in [-0.39, 0.29) is 4.90 Å². The van der Waals surface area contributed by atoms with Gasteiger partial charge in [0.25, 0.3) is 0 Å². The van der Waals surface area contributed by atoms with Gasteiger partial charge in [0.05, 0.1) is 2.74 Å². The molecule has 6 heteroatoms. The maximum atomic E-state index is 12.7. The van der Waals surface area contributed by atoms with Gasteiger partial charge in [0, 0.05) is 43.1 Å². The summed E-state index contributed by atoms with van der Waals surface area (Å²) in [5.74, 6) is -3.52. The molecule has 1 aromatic rings. The first-order valence-electron chi connectivity index (χ1n) is 11.1. The largest absolute Gasteiger partial charge is 0.444 e. The highest BCUT2D eigenvalue weighted by Crippen LogP contribution is 2.27. The topological polar surface area (TPSA) is 55.3 Å². The highest BCUT2D eigenvalue weighted by atomic mass is 79.9. The number of aromatic nitrogens is 2. The van der Waals surface area contributed by atoms with Crippen molar-refractivity contribution in [1.29, 1.82) is 0 Å². The standard InChI is InChI=1S/C14H20BrN3O2/c1-14(2,3)20-13(19)18-8-5-10(6-9-18)11-4-7-16-12(15)17-11/h4,7,10H,5-6,8-9H2,1-3H3/i4D,5D2,6D2,7D,8D2,9D2,10D. The maximum absolute atomic E-state index is 12.7. The number of piperidine rings is 1. The van der Waals surface area contributed by atoms with Crippen LogP contribution in [0.25, 0.3) is 0 Å². The van der Waals surface area contributed by atoms with Crippen molar-refractivity contribution in [2.24, 2.45) is 0 Å². The van der Waals surface area contributed by atoms with Crippen LogP contribution in [0.2, 0.25) is 0 Å². The molecule has 1 aromatic heterocycles. The zero-order valence-electron chi connectivity index (χ0n) is 22.0. The van der Waals surface area contributed by atoms with Crippen LogP contribution in [0.15, 0.2) is 16.9 Å². The number of carbonyl (C=O) groups is 1. The third-order valence-electron chi connectivity index (χ3n) is 1.92. The van der Waals surface area contributed by atoms with Gasteiger partial charge in [0.1, 0.15) is 5.60 Å². The van der Waals surface area contributed by atoms with Crippen molar-refractivity contribution >= 4 is 22.0 Å². The Morgan fingerprint density at radius 1 is 1.60 bits per heavy atom. The Kier molecular flexibility index (Phi) is 1.91. The van der Waals surface area contributed by atoms with Crippen molar-refractivity contribution < 1.29 is 24.6 Å². The van der Waals surface area contributed by atoms with E-state index in [1.807, 2.05) is 0 Å². The second-order valence-corrected chi connectivity index (χ2v) is 5.45. The van der Waals surface area contributed by atoms with Gasteiger partial charge in [-0.05, 0) is 55.5 Å². The van der Waals surface area contributed by atoms with Gasteiger partial charge in [-0.25, -0.2) is 14.8 Å². The Morgan fingerprint density at radius 2 is 2.25 bits per heavy atom. The van der Waals surface area contributed by atoms with E-state index in [1.54, 1.807) is 0 Å². The van der Waals surface area contributed by atoms with Gasteiger partial charge in [-0.3, -0.25) is 0 Å². The molecule has 5 nitrogen and oxygen atoms in total. The summed E-state index contributed by atoms with van der Waals surface area (Å²) in [7, 11) is 0. The molecule has 1 aliphatic rings. The van der Waals surface area contributed by atoms with Crippen molar-refractivity contribution in [3.05, 3.63) is 22.6 Å². The van der Waals surface area contributed by atoms with Crippen molar-refractivity contribution in [2.45, 2.75) is 45.0 Å². The fourth-order valence-electron chi connectivity index (χ4n) is 1.19. The van der Waals surface area contributed by atoms with Gasteiger partial charge in [-0.15, -0.1) is 0 Å². The molecule has 1 fully saturated rings. The average molecular weight is 353 g/mol. The first kappa shape index (κ1) is 6.30. The minimum atomic E-state index is -3.68. The SMILES string of the molecule is [2H]c1nc(Br)nc(C2([2H])C([2H])([2H])C([2H])([2H])N(C(=O)OC(C)(C)C)C([2H])([2H])C2([2H])[2H])c1[2H]. The molecule has 0 bridgehead atoms. The quantitative estimate of drug-likeness (QED) is 0.727. The Morgan fingerprint density at radius 3 is 2.85 bits per heavy atom. The van der Waals surface area contributed by atoms with Crippen LogP contribution in [0.5, 0.6) is 0 Å². The van der Waals surface area contributed by atoms with Gasteiger partial charge in [-0.2, -0.15) is 0 Å². The minimum Gasteiger partial charge on any atom is -0.444 e. The van der Waals surface area contributed by atoms with Gasteiger partial charge in [0.15, 0.2) is 4.73 Å². The fraction of sp³-hybridized carbons (Fsp3) is 0.643. The number of halogens is 1. The van der Waals surface area contributed by atoms with E-state index < -0.39 is 66.0 Å². The predicted octanol–water partition coefficient (Wildman–Crippen LogP) is 3.35. The molecule has 1 amide bonds. The van der Waals surface area contributed by atoms with Crippen LogP contribution < -0.4 is 0 Å². The van der Waals surface area contributed by atoms with E-state index in [9.17, 15) is 4.79 Å². The zero-order chi connectivity index (χ0) is 24.6. The van der Waals surface area contributed by atoms with Crippen LogP contribution in [0, 0.1) is 0 Å². The summed E-state index contributed by atoms with van der Waals surface area (Å²) in [4.78, 5) is 19.5. The van der Waals surface area contributed by atoms with Gasteiger partial charge in [-0.1, -0.05) is 0 Å². The molecule has 1 aliphatic heterocycles. The van der Waals surface area contributed by atoms with E-state index in [0.29, 0.717) is 0 Å². The second kappa shape index (κ2) is 6.08. The number of nitrogens with zero attached hydrogens (tertiary/aromatic N) is 3. The fourth-order valence-corrected chi connectivity index (χ4v) is 1.46. The Labute approximate surface area is 143 Å². The molecular formula is C14H20BrN3O2. The van der Waals surface area contributed by atoms with E-state index in [2.05, 4.69) is 25.9 Å². The lowest BCUT2D eigenvalue weighted by Gasteiger charge is -2.33. The minimum absolute atomic E-state index is 0.334. The Balaban J connectivity index is 2.91. The van der Waals surface area contributed by atoms with Crippen molar-refractivity contribution in [2.75, 3.05) is 13.0 Å². The van der Waals surface area contributed by atoms with E-state index in [1.165, 1.54) is 20.8 Å². The van der Waals surface area contributed by atoms with Crippen molar-refractivity contribution in [3.8, 4) is 0 Å². The molecule has 0 N–H and O–H groups in total. The van der Waals surface area contributed by atoms with Crippen LogP contribution in [0.1, 0.15) is 60.2 Å². The lowest BCUT2D eigenvalue weighted by atomic mass is 9.93. The third-order valence-corrected chi connectivity index (χ3v) is 2.28. The highest BCUT2D eigenvalue weighted by Gasteiger charge is 2.27. The summed E-state index contributed by atoms with van der Waals surface area (Å²) in [6.45, 7) is -3.08. The molecule has 2 rings (SSSR count). The molecule has 0 spiro atoms. The summed E-state index contributed by atoms with van der Waals surface area (Å²) in [6, 6.07) is -0.983. The van der Waals surface area contributed by atoms with Crippen LogP contribution in [0.3, 0.4) is 0 Å². The number of carbonyl (C=O) groups excluding carboxylic acids is 1. The Bertz CT molecular complexity index is 892. The zero-order valence-corrected chi connectivity index (χ0v) is 12.6. The molecule has 0 aromatic carbocycles. The smallest absolute Gasteiger partial charge is 0.410 e. The lowest BCUT2D eigenvalue weighted by Crippen LogP contribution is -2.41. The van der Waals surface area contributed by atoms with Crippen LogP contribution in [-0.2, 0) is 4.74 Å². The summed E-state index contributed by atoms with van der Waals surface area (Å²) in [5, 5.41) is 0. The molecule has 2 heterocycles. The molecule has 0 aliphatic carbocycles. The molecule has 1 saturated heterocycles. The summed E-state index contributed by atoms with van der Waals surface area (Å²) in [5.41, 5.74) is -2.30. The van der Waals surface area contributed by atoms with E-state index >= 15 is 0 Å². The molecule has 0 radical (unpaired) electrons. The van der Waals surface area contributed by atoms with Crippen LogP contribution >= 0.6 is 15.9 Å².